The van der Waals surface area contributed by atoms with Crippen LogP contribution in [-0.4, -0.2) is 41.6 Å². The Hall–Kier alpha value is -3.98. The fourth-order valence-electron chi connectivity index (χ4n) is 4.03. The molecule has 0 saturated carbocycles. The van der Waals surface area contributed by atoms with Crippen LogP contribution in [0, 0.1) is 0 Å². The smallest absolute Gasteiger partial charge is 0.493 e. The molecule has 0 aliphatic rings. The minimum absolute atomic E-state index is 0.203. The molecule has 1 amide bonds. The van der Waals surface area contributed by atoms with Crippen molar-refractivity contribution >= 4 is 16.8 Å². The number of H-pyrrole nitrogens is 1. The molecule has 1 aromatic heterocycles. The van der Waals surface area contributed by atoms with Crippen LogP contribution in [0.4, 0.5) is 13.2 Å². The van der Waals surface area contributed by atoms with Gasteiger partial charge in [-0.1, -0.05) is 36.4 Å². The van der Waals surface area contributed by atoms with Gasteiger partial charge in [-0.15, -0.1) is 13.2 Å². The third-order valence-electron chi connectivity index (χ3n) is 5.62. The van der Waals surface area contributed by atoms with Crippen molar-refractivity contribution in [1.29, 1.82) is 0 Å². The van der Waals surface area contributed by atoms with Crippen molar-refractivity contribution in [2.75, 3.05) is 13.2 Å². The summed E-state index contributed by atoms with van der Waals surface area (Å²) in [6, 6.07) is 17.5. The summed E-state index contributed by atoms with van der Waals surface area (Å²) < 4.78 is 47.6. The zero-order valence-corrected chi connectivity index (χ0v) is 19.4. The second kappa shape index (κ2) is 10.7. The van der Waals surface area contributed by atoms with Crippen LogP contribution in [0.15, 0.2) is 72.9 Å². The second-order valence-electron chi connectivity index (χ2n) is 8.14. The average Bonchev–Trinajstić information content (AvgIpc) is 3.26. The number of aliphatic hydroxyl groups excluding tert-OH is 1. The molecule has 36 heavy (non-hydrogen) atoms. The maximum absolute atomic E-state index is 13.3. The lowest BCUT2D eigenvalue weighted by Crippen LogP contribution is -2.39. The first-order chi connectivity index (χ1) is 17.3. The molecule has 0 aliphatic carbocycles. The molecule has 3 aromatic carbocycles. The fraction of sp³-hybridized carbons (Fsp3) is 0.222. The van der Waals surface area contributed by atoms with E-state index in [4.69, 9.17) is 4.74 Å². The summed E-state index contributed by atoms with van der Waals surface area (Å²) >= 11 is 0. The number of alkyl halides is 3. The molecule has 6 nitrogen and oxygen atoms in total. The number of hydrogen-bond acceptors (Lipinski definition) is 4. The van der Waals surface area contributed by atoms with E-state index in [-0.39, 0.29) is 17.9 Å². The van der Waals surface area contributed by atoms with Crippen molar-refractivity contribution in [1.82, 2.24) is 10.3 Å². The summed E-state index contributed by atoms with van der Waals surface area (Å²) in [6.07, 6.45) is -2.57. The van der Waals surface area contributed by atoms with Crippen LogP contribution in [0.3, 0.4) is 0 Å². The predicted molar refractivity (Wildman–Crippen MR) is 130 cm³/mol. The van der Waals surface area contributed by atoms with Gasteiger partial charge >= 0.3 is 6.36 Å². The van der Waals surface area contributed by atoms with Gasteiger partial charge in [0, 0.05) is 17.1 Å². The standard InChI is InChI=1S/C27H25F3N2O4/c1-2-35-25-11-10-18(17-6-5-7-21(13-17)36-27(28,29)30)14-23(25)26(34)32-20(16-33)12-19-15-31-24-9-4-3-8-22(19)24/h3-11,13-15,20,31,33H,2,12,16H2,1H3,(H,32,34)/t20-/m1/s1. The van der Waals surface area contributed by atoms with Gasteiger partial charge in [0.05, 0.1) is 24.8 Å². The quantitative estimate of drug-likeness (QED) is 0.286. The highest BCUT2D eigenvalue weighted by Gasteiger charge is 2.31. The van der Waals surface area contributed by atoms with Gasteiger partial charge in [0.15, 0.2) is 0 Å². The van der Waals surface area contributed by atoms with Crippen molar-refractivity contribution in [3.8, 4) is 22.6 Å². The number of ether oxygens (including phenoxy) is 2. The Morgan fingerprint density at radius 1 is 1.06 bits per heavy atom. The van der Waals surface area contributed by atoms with Crippen LogP contribution < -0.4 is 14.8 Å². The monoisotopic (exact) mass is 498 g/mol. The molecule has 0 spiro atoms. The van der Waals surface area contributed by atoms with Gasteiger partial charge in [-0.2, -0.15) is 0 Å². The summed E-state index contributed by atoms with van der Waals surface area (Å²) in [7, 11) is 0. The van der Waals surface area contributed by atoms with Gasteiger partial charge < -0.3 is 24.9 Å². The van der Waals surface area contributed by atoms with E-state index in [0.29, 0.717) is 29.9 Å². The molecule has 0 aliphatic heterocycles. The first kappa shape index (κ1) is 25.1. The zero-order chi connectivity index (χ0) is 25.7. The summed E-state index contributed by atoms with van der Waals surface area (Å²) in [4.78, 5) is 16.4. The number of para-hydroxylation sites is 1. The number of rotatable bonds is 9. The first-order valence-electron chi connectivity index (χ1n) is 11.4. The Balaban J connectivity index is 1.59. The van der Waals surface area contributed by atoms with Gasteiger partial charge in [-0.05, 0) is 60.4 Å². The molecule has 0 bridgehead atoms. The molecule has 188 valence electrons. The number of aromatic nitrogens is 1. The van der Waals surface area contributed by atoms with E-state index in [0.717, 1.165) is 16.5 Å². The zero-order valence-electron chi connectivity index (χ0n) is 19.4. The van der Waals surface area contributed by atoms with Crippen LogP contribution in [0.2, 0.25) is 0 Å². The Bertz CT molecular complexity index is 1350. The maximum Gasteiger partial charge on any atom is 0.573 e. The Morgan fingerprint density at radius 2 is 1.83 bits per heavy atom. The Morgan fingerprint density at radius 3 is 2.58 bits per heavy atom. The van der Waals surface area contributed by atoms with Crippen LogP contribution >= 0.6 is 0 Å². The largest absolute Gasteiger partial charge is 0.573 e. The summed E-state index contributed by atoms with van der Waals surface area (Å²) in [5.41, 5.74) is 3.05. The third kappa shape index (κ3) is 5.98. The fourth-order valence-corrected chi connectivity index (χ4v) is 4.03. The maximum atomic E-state index is 13.3. The van der Waals surface area contributed by atoms with E-state index in [2.05, 4.69) is 15.0 Å². The molecule has 0 unspecified atom stereocenters. The third-order valence-corrected chi connectivity index (χ3v) is 5.62. The van der Waals surface area contributed by atoms with E-state index in [1.807, 2.05) is 30.5 Å². The average molecular weight is 499 g/mol. The highest BCUT2D eigenvalue weighted by Crippen LogP contribution is 2.31. The number of halogens is 3. The van der Waals surface area contributed by atoms with Crippen molar-refractivity contribution in [3.63, 3.8) is 0 Å². The van der Waals surface area contributed by atoms with Crippen LogP contribution in [0.5, 0.6) is 11.5 Å². The molecular formula is C27H25F3N2O4. The summed E-state index contributed by atoms with van der Waals surface area (Å²) in [5, 5.41) is 13.8. The number of benzene rings is 3. The number of fused-ring (bicyclic) bond motifs is 1. The first-order valence-corrected chi connectivity index (χ1v) is 11.4. The molecule has 3 N–H and O–H groups in total. The second-order valence-corrected chi connectivity index (χ2v) is 8.14. The number of hydrogen-bond donors (Lipinski definition) is 3. The SMILES string of the molecule is CCOc1ccc(-c2cccc(OC(F)(F)F)c2)cc1C(=O)N[C@@H](CO)Cc1c[nH]c2ccccc12. The lowest BCUT2D eigenvalue weighted by atomic mass is 10.0. The van der Waals surface area contributed by atoms with Gasteiger partial charge in [0.25, 0.3) is 5.91 Å². The number of carbonyl (C=O) groups is 1. The Labute approximate surface area is 205 Å². The molecule has 0 saturated heterocycles. The van der Waals surface area contributed by atoms with Crippen molar-refractivity contribution in [3.05, 3.63) is 84.1 Å². The van der Waals surface area contributed by atoms with Gasteiger partial charge in [0.2, 0.25) is 0 Å². The normalized spacial score (nSPS) is 12.4. The van der Waals surface area contributed by atoms with Crippen LogP contribution in [0.1, 0.15) is 22.8 Å². The lowest BCUT2D eigenvalue weighted by molar-refractivity contribution is -0.274. The van der Waals surface area contributed by atoms with E-state index in [1.54, 1.807) is 31.2 Å². The molecule has 1 atom stereocenters. The van der Waals surface area contributed by atoms with Crippen molar-refractivity contribution in [2.24, 2.45) is 0 Å². The number of carbonyl (C=O) groups excluding carboxylic acids is 1. The molecule has 9 heteroatoms. The van der Waals surface area contributed by atoms with Crippen molar-refractivity contribution in [2.45, 2.75) is 25.7 Å². The van der Waals surface area contributed by atoms with E-state index >= 15 is 0 Å². The highest BCUT2D eigenvalue weighted by atomic mass is 19.4. The minimum Gasteiger partial charge on any atom is -0.493 e. The number of aromatic amines is 1. The topological polar surface area (TPSA) is 83.6 Å². The molecule has 4 rings (SSSR count). The number of nitrogens with one attached hydrogen (secondary N) is 2. The molecule has 0 fully saturated rings. The van der Waals surface area contributed by atoms with Gasteiger partial charge in [0.1, 0.15) is 11.5 Å². The van der Waals surface area contributed by atoms with Gasteiger partial charge in [-0.3, -0.25) is 4.79 Å². The predicted octanol–water partition coefficient (Wildman–Crippen LogP) is 5.47. The van der Waals surface area contributed by atoms with Crippen molar-refractivity contribution < 1.29 is 32.5 Å². The molecule has 4 aromatic rings. The lowest BCUT2D eigenvalue weighted by Gasteiger charge is -2.18. The molecule has 1 heterocycles. The van der Waals surface area contributed by atoms with Gasteiger partial charge in [-0.25, -0.2) is 0 Å². The Kier molecular flexibility index (Phi) is 7.49. The van der Waals surface area contributed by atoms with E-state index < -0.39 is 18.3 Å². The summed E-state index contributed by atoms with van der Waals surface area (Å²) in [5.74, 6) is -0.508. The highest BCUT2D eigenvalue weighted by molar-refractivity contribution is 5.98. The van der Waals surface area contributed by atoms with E-state index in [9.17, 15) is 23.1 Å². The number of aliphatic hydroxyl groups is 1. The van der Waals surface area contributed by atoms with Crippen LogP contribution in [0.25, 0.3) is 22.0 Å². The summed E-state index contributed by atoms with van der Waals surface area (Å²) in [6.45, 7) is 1.81. The molecular weight excluding hydrogens is 473 g/mol. The minimum atomic E-state index is -4.81. The van der Waals surface area contributed by atoms with E-state index in [1.165, 1.54) is 18.2 Å². The van der Waals surface area contributed by atoms with Crippen LogP contribution in [-0.2, 0) is 6.42 Å². The molecule has 0 radical (unpaired) electrons. The number of amides is 1.